The molecule has 0 aromatic heterocycles. The Bertz CT molecular complexity index is 1010. The van der Waals surface area contributed by atoms with Crippen molar-refractivity contribution in [1.29, 1.82) is 0 Å². The first-order valence-electron chi connectivity index (χ1n) is 10.8. The Hall–Kier alpha value is -3.40. The molecule has 0 radical (unpaired) electrons. The van der Waals surface area contributed by atoms with Gasteiger partial charge in [-0.2, -0.15) is 18.2 Å². The third-order valence-corrected chi connectivity index (χ3v) is 5.41. The Morgan fingerprint density at radius 1 is 1.06 bits per heavy atom. The van der Waals surface area contributed by atoms with Crippen LogP contribution >= 0.6 is 0 Å². The van der Waals surface area contributed by atoms with Gasteiger partial charge in [0.2, 0.25) is 5.91 Å². The zero-order valence-corrected chi connectivity index (χ0v) is 19.2. The number of alkyl halides is 3. The minimum Gasteiger partial charge on any atom is -0.370 e. The summed E-state index contributed by atoms with van der Waals surface area (Å²) in [5.74, 6) is -2.07. The van der Waals surface area contributed by atoms with E-state index in [1.54, 1.807) is 11.8 Å². The number of nitrogens with zero attached hydrogens (tertiary/aromatic N) is 2. The summed E-state index contributed by atoms with van der Waals surface area (Å²) in [6, 6.07) is 12.9. The molecule has 0 saturated carbocycles. The predicted octanol–water partition coefficient (Wildman–Crippen LogP) is 3.17. The van der Waals surface area contributed by atoms with E-state index in [0.717, 1.165) is 6.07 Å². The first-order chi connectivity index (χ1) is 15.9. The molecule has 3 rings (SSSR count). The lowest BCUT2D eigenvalue weighted by molar-refractivity contribution is -0.139. The van der Waals surface area contributed by atoms with E-state index in [1.807, 2.05) is 18.2 Å². The normalized spacial score (nSPS) is 15.1. The molecule has 6 N–H and O–H groups in total. The summed E-state index contributed by atoms with van der Waals surface area (Å²) in [5.41, 5.74) is 16.1. The summed E-state index contributed by atoms with van der Waals surface area (Å²) in [5, 5.41) is 0. The highest BCUT2D eigenvalue weighted by Gasteiger charge is 2.37. The highest BCUT2D eigenvalue weighted by molar-refractivity contribution is 6.02. The van der Waals surface area contributed by atoms with Crippen LogP contribution in [-0.2, 0) is 11.0 Å². The third-order valence-electron chi connectivity index (χ3n) is 5.41. The fourth-order valence-corrected chi connectivity index (χ4v) is 3.71. The van der Waals surface area contributed by atoms with Gasteiger partial charge in [-0.05, 0) is 50.3 Å². The molecule has 1 fully saturated rings. The van der Waals surface area contributed by atoms with Crippen LogP contribution < -0.4 is 17.2 Å². The molecule has 1 unspecified atom stereocenters. The maximum absolute atomic E-state index is 13.5. The second kappa shape index (κ2) is 11.6. The van der Waals surface area contributed by atoms with Crippen molar-refractivity contribution in [1.82, 2.24) is 4.90 Å². The number of guanidine groups is 1. The van der Waals surface area contributed by atoms with Crippen molar-refractivity contribution in [2.75, 3.05) is 13.1 Å². The smallest absolute Gasteiger partial charge is 0.370 e. The monoisotopic (exact) mass is 477 g/mol. The Labute approximate surface area is 196 Å². The summed E-state index contributed by atoms with van der Waals surface area (Å²) in [6.07, 6.45) is -3.88. The Balaban J connectivity index is 0.000000497. The summed E-state index contributed by atoms with van der Waals surface area (Å²) in [7, 11) is 0. The minimum absolute atomic E-state index is 0.0941. The van der Waals surface area contributed by atoms with E-state index in [9.17, 15) is 22.8 Å². The number of rotatable bonds is 3. The van der Waals surface area contributed by atoms with Crippen LogP contribution in [-0.4, -0.2) is 41.8 Å². The SMILES string of the molecule is CC(N)C(=O)N1CCC(c2ccc(C(=O)N=C(N)N)cc2C(F)(F)F)CC1.Cc1ccccc1. The van der Waals surface area contributed by atoms with E-state index < -0.39 is 29.6 Å². The average molecular weight is 478 g/mol. The number of carbonyl (C=O) groups is 2. The van der Waals surface area contributed by atoms with E-state index in [1.165, 1.54) is 17.7 Å². The molecule has 184 valence electrons. The second-order valence-corrected chi connectivity index (χ2v) is 8.18. The third kappa shape index (κ3) is 7.58. The molecule has 10 heteroatoms. The summed E-state index contributed by atoms with van der Waals surface area (Å²) < 4.78 is 40.6. The van der Waals surface area contributed by atoms with Crippen molar-refractivity contribution in [3.63, 3.8) is 0 Å². The molecule has 1 aliphatic heterocycles. The van der Waals surface area contributed by atoms with Crippen LogP contribution in [0.15, 0.2) is 53.5 Å². The minimum atomic E-state index is -4.64. The van der Waals surface area contributed by atoms with Gasteiger partial charge in [-0.25, -0.2) is 0 Å². The molecule has 1 atom stereocenters. The predicted molar refractivity (Wildman–Crippen MR) is 125 cm³/mol. The van der Waals surface area contributed by atoms with E-state index in [2.05, 4.69) is 24.0 Å². The lowest BCUT2D eigenvalue weighted by Crippen LogP contribution is -2.45. The fraction of sp³-hybridized carbons (Fsp3) is 0.375. The van der Waals surface area contributed by atoms with Gasteiger partial charge in [0.15, 0.2) is 5.96 Å². The number of hydrogen-bond donors (Lipinski definition) is 3. The quantitative estimate of drug-likeness (QED) is 0.462. The summed E-state index contributed by atoms with van der Waals surface area (Å²) in [6.45, 7) is 4.32. The summed E-state index contributed by atoms with van der Waals surface area (Å²) >= 11 is 0. The highest BCUT2D eigenvalue weighted by Crippen LogP contribution is 2.39. The standard InChI is InChI=1S/C17H22F3N5O2.C7H8/c1-9(21)15(27)25-6-4-10(5-7-25)12-3-2-11(14(26)24-16(22)23)8-13(12)17(18,19)20;1-7-5-3-2-4-6-7/h2-3,8-10H,4-7,21H2,1H3,(H4,22,23,24,26);2-6H,1H3. The molecule has 1 aliphatic rings. The van der Waals surface area contributed by atoms with Gasteiger partial charge in [0, 0.05) is 18.7 Å². The van der Waals surface area contributed by atoms with Crippen molar-refractivity contribution < 1.29 is 22.8 Å². The van der Waals surface area contributed by atoms with Crippen molar-refractivity contribution >= 4 is 17.8 Å². The molecule has 7 nitrogen and oxygen atoms in total. The van der Waals surface area contributed by atoms with Gasteiger partial charge in [-0.15, -0.1) is 0 Å². The molecular weight excluding hydrogens is 447 g/mol. The van der Waals surface area contributed by atoms with E-state index in [0.29, 0.717) is 25.9 Å². The van der Waals surface area contributed by atoms with E-state index >= 15 is 0 Å². The molecule has 2 amide bonds. The molecule has 2 aromatic carbocycles. The van der Waals surface area contributed by atoms with Crippen molar-refractivity contribution in [3.05, 3.63) is 70.8 Å². The van der Waals surface area contributed by atoms with E-state index in [-0.39, 0.29) is 23.0 Å². The lowest BCUT2D eigenvalue weighted by Gasteiger charge is -2.34. The van der Waals surface area contributed by atoms with Crippen LogP contribution in [0, 0.1) is 6.92 Å². The Morgan fingerprint density at radius 2 is 1.65 bits per heavy atom. The summed E-state index contributed by atoms with van der Waals surface area (Å²) in [4.78, 5) is 28.6. The number of hydrogen-bond acceptors (Lipinski definition) is 3. The molecule has 0 bridgehead atoms. The number of piperidine rings is 1. The van der Waals surface area contributed by atoms with Gasteiger partial charge in [0.05, 0.1) is 11.6 Å². The largest absolute Gasteiger partial charge is 0.416 e. The molecule has 0 spiro atoms. The average Bonchev–Trinajstić information content (AvgIpc) is 2.78. The van der Waals surface area contributed by atoms with Gasteiger partial charge in [-0.1, -0.05) is 42.0 Å². The van der Waals surface area contributed by atoms with Crippen LogP contribution in [0.1, 0.15) is 52.7 Å². The Kier molecular flexibility index (Phi) is 9.19. The zero-order chi connectivity index (χ0) is 25.5. The number of halogens is 3. The number of amides is 2. The molecule has 2 aromatic rings. The molecule has 34 heavy (non-hydrogen) atoms. The fourth-order valence-electron chi connectivity index (χ4n) is 3.71. The first-order valence-corrected chi connectivity index (χ1v) is 10.8. The van der Waals surface area contributed by atoms with Crippen molar-refractivity contribution in [2.45, 2.75) is 44.8 Å². The first kappa shape index (κ1) is 26.8. The van der Waals surface area contributed by atoms with Crippen molar-refractivity contribution in [3.8, 4) is 0 Å². The van der Waals surface area contributed by atoms with E-state index in [4.69, 9.17) is 17.2 Å². The molecule has 0 aliphatic carbocycles. The molecule has 1 saturated heterocycles. The maximum atomic E-state index is 13.5. The van der Waals surface area contributed by atoms with Crippen molar-refractivity contribution in [2.24, 2.45) is 22.2 Å². The van der Waals surface area contributed by atoms with Gasteiger partial charge in [0.1, 0.15) is 0 Å². The molecule has 1 heterocycles. The lowest BCUT2D eigenvalue weighted by atomic mass is 9.85. The Morgan fingerprint density at radius 3 is 2.09 bits per heavy atom. The van der Waals surface area contributed by atoms with Crippen LogP contribution in [0.5, 0.6) is 0 Å². The number of aliphatic imine (C=N–C) groups is 1. The molecular formula is C24H30F3N5O2. The maximum Gasteiger partial charge on any atom is 0.416 e. The number of likely N-dealkylation sites (tertiary alicyclic amines) is 1. The van der Waals surface area contributed by atoms with Gasteiger partial charge >= 0.3 is 6.18 Å². The van der Waals surface area contributed by atoms with Crippen LogP contribution in [0.4, 0.5) is 13.2 Å². The van der Waals surface area contributed by atoms with Gasteiger partial charge in [0.25, 0.3) is 5.91 Å². The van der Waals surface area contributed by atoms with Crippen LogP contribution in [0.3, 0.4) is 0 Å². The number of carbonyl (C=O) groups excluding carboxylic acids is 2. The van der Waals surface area contributed by atoms with Crippen LogP contribution in [0.25, 0.3) is 0 Å². The van der Waals surface area contributed by atoms with Gasteiger partial charge in [-0.3, -0.25) is 9.59 Å². The second-order valence-electron chi connectivity index (χ2n) is 8.18. The van der Waals surface area contributed by atoms with Crippen LogP contribution in [0.2, 0.25) is 0 Å². The number of aryl methyl sites for hydroxylation is 1. The highest BCUT2D eigenvalue weighted by atomic mass is 19.4. The zero-order valence-electron chi connectivity index (χ0n) is 19.2. The number of benzene rings is 2. The van der Waals surface area contributed by atoms with Gasteiger partial charge < -0.3 is 22.1 Å². The topological polar surface area (TPSA) is 128 Å². The number of nitrogens with two attached hydrogens (primary N) is 3.